The quantitative estimate of drug-likeness (QED) is 0.348. The number of hydrogen-bond donors (Lipinski definition) is 3. The number of hydrogen-bond acceptors (Lipinski definition) is 8. The molecule has 0 radical (unpaired) electrons. The second kappa shape index (κ2) is 5.78. The van der Waals surface area contributed by atoms with Crippen LogP contribution in [0.4, 0.5) is 0 Å². The van der Waals surface area contributed by atoms with Crippen LogP contribution in [-0.4, -0.2) is 68.5 Å². The molecule has 10 atom stereocenters. The molecule has 2 aliphatic carbocycles. The van der Waals surface area contributed by atoms with Crippen LogP contribution < -0.4 is 0 Å². The molecule has 3 N–H and O–H groups in total. The number of epoxide rings is 1. The van der Waals surface area contributed by atoms with E-state index in [9.17, 15) is 24.9 Å². The predicted octanol–water partition coefficient (Wildman–Crippen LogP) is 0.0761. The molecule has 156 valence electrons. The molecular weight excluding hydrogens is 368 g/mol. The van der Waals surface area contributed by atoms with Gasteiger partial charge in [0, 0.05) is 12.0 Å². The lowest BCUT2D eigenvalue weighted by Gasteiger charge is -2.46. The minimum absolute atomic E-state index is 0.134. The zero-order chi connectivity index (χ0) is 20.8. The van der Waals surface area contributed by atoms with Crippen LogP contribution in [0.5, 0.6) is 0 Å². The van der Waals surface area contributed by atoms with E-state index in [0.717, 1.165) is 0 Å². The summed E-state index contributed by atoms with van der Waals surface area (Å²) < 4.78 is 16.9. The Morgan fingerprint density at radius 1 is 1.39 bits per heavy atom. The van der Waals surface area contributed by atoms with Crippen LogP contribution >= 0.6 is 0 Å². The Hall–Kier alpha value is -1.48. The van der Waals surface area contributed by atoms with Crippen LogP contribution in [0.3, 0.4) is 0 Å². The molecule has 28 heavy (non-hydrogen) atoms. The maximum Gasteiger partial charge on any atom is 0.334 e. The highest BCUT2D eigenvalue weighted by atomic mass is 16.6. The lowest BCUT2D eigenvalue weighted by molar-refractivity contribution is -0.240. The summed E-state index contributed by atoms with van der Waals surface area (Å²) >= 11 is 0. The second-order valence-electron chi connectivity index (χ2n) is 9.15. The highest BCUT2D eigenvalue weighted by Gasteiger charge is 2.84. The van der Waals surface area contributed by atoms with Gasteiger partial charge >= 0.3 is 11.9 Å². The molecule has 0 bridgehead atoms. The van der Waals surface area contributed by atoms with Crippen molar-refractivity contribution in [2.45, 2.75) is 81.8 Å². The minimum Gasteiger partial charge on any atom is -0.461 e. The highest BCUT2D eigenvalue weighted by Crippen LogP contribution is 2.66. The number of carbonyl (C=O) groups is 2. The van der Waals surface area contributed by atoms with Crippen LogP contribution in [-0.2, 0) is 23.8 Å². The Bertz CT molecular complexity index is 746. The number of ether oxygens (including phenoxy) is 3. The molecule has 4 rings (SSSR count). The Morgan fingerprint density at radius 2 is 2.04 bits per heavy atom. The average Bonchev–Trinajstić information content (AvgIpc) is 3.17. The fourth-order valence-electron chi connectivity index (χ4n) is 5.50. The molecule has 2 saturated heterocycles. The Morgan fingerprint density at radius 3 is 2.64 bits per heavy atom. The fraction of sp³-hybridized carbons (Fsp3) is 0.800. The van der Waals surface area contributed by atoms with E-state index < -0.39 is 65.0 Å². The second-order valence-corrected chi connectivity index (χ2v) is 9.15. The third kappa shape index (κ3) is 2.26. The number of aliphatic hydroxyl groups excluding tert-OH is 1. The largest absolute Gasteiger partial charge is 0.461 e. The fourth-order valence-corrected chi connectivity index (χ4v) is 5.50. The summed E-state index contributed by atoms with van der Waals surface area (Å²) in [5.74, 6) is -3.08. The summed E-state index contributed by atoms with van der Waals surface area (Å²) in [4.78, 5) is 24.8. The van der Waals surface area contributed by atoms with E-state index in [1.54, 1.807) is 13.8 Å². The third-order valence-corrected chi connectivity index (χ3v) is 7.45. The maximum atomic E-state index is 12.5. The maximum absolute atomic E-state index is 12.5. The zero-order valence-corrected chi connectivity index (χ0v) is 16.5. The van der Waals surface area contributed by atoms with E-state index in [4.69, 9.17) is 14.2 Å². The molecule has 0 spiro atoms. The molecule has 8 nitrogen and oxygen atoms in total. The van der Waals surface area contributed by atoms with Crippen molar-refractivity contribution in [1.29, 1.82) is 0 Å². The van der Waals surface area contributed by atoms with Crippen molar-refractivity contribution in [3.05, 3.63) is 12.2 Å². The van der Waals surface area contributed by atoms with Crippen molar-refractivity contribution in [1.82, 2.24) is 0 Å². The third-order valence-electron chi connectivity index (χ3n) is 7.45. The van der Waals surface area contributed by atoms with Crippen molar-refractivity contribution >= 4 is 11.9 Å². The van der Waals surface area contributed by atoms with Crippen molar-refractivity contribution in [3.8, 4) is 0 Å². The van der Waals surface area contributed by atoms with Crippen LogP contribution in [0.15, 0.2) is 12.2 Å². The Labute approximate surface area is 163 Å². The standard InChI is InChI=1S/C20H28O8/c1-6-8(2)16(22)26-10-7-18(4,24)20(25)13(19(5)15(28-19)14(20)21)12-11(10)9(3)17(23)27-12/h8,10-15,21,24-25H,3,6-7H2,1-2,4-5H3/t8?,10-,11+,12-,13-,14-,15+,18+,19-,20-/m0/s1. The molecule has 4 aliphatic rings. The molecule has 4 fully saturated rings. The van der Waals surface area contributed by atoms with E-state index in [-0.39, 0.29) is 17.9 Å². The first-order valence-corrected chi connectivity index (χ1v) is 9.81. The van der Waals surface area contributed by atoms with Crippen molar-refractivity contribution in [2.24, 2.45) is 17.8 Å². The van der Waals surface area contributed by atoms with E-state index in [2.05, 4.69) is 6.58 Å². The summed E-state index contributed by atoms with van der Waals surface area (Å²) in [6.45, 7) is 10.5. The Kier molecular flexibility index (Phi) is 4.09. The van der Waals surface area contributed by atoms with Gasteiger partial charge in [-0.1, -0.05) is 20.4 Å². The van der Waals surface area contributed by atoms with Gasteiger partial charge in [-0.3, -0.25) is 4.79 Å². The van der Waals surface area contributed by atoms with E-state index >= 15 is 0 Å². The highest BCUT2D eigenvalue weighted by molar-refractivity contribution is 5.91. The van der Waals surface area contributed by atoms with Gasteiger partial charge in [-0.25, -0.2) is 4.79 Å². The van der Waals surface area contributed by atoms with Gasteiger partial charge in [0.25, 0.3) is 0 Å². The molecule has 2 saturated carbocycles. The van der Waals surface area contributed by atoms with Gasteiger partial charge in [-0.2, -0.15) is 0 Å². The molecule has 0 aromatic rings. The van der Waals surface area contributed by atoms with Gasteiger partial charge in [-0.05, 0) is 20.3 Å². The predicted molar refractivity (Wildman–Crippen MR) is 94.8 cm³/mol. The topological polar surface area (TPSA) is 126 Å². The summed E-state index contributed by atoms with van der Waals surface area (Å²) in [5, 5.41) is 33.6. The van der Waals surface area contributed by atoms with E-state index in [1.807, 2.05) is 6.92 Å². The summed E-state index contributed by atoms with van der Waals surface area (Å²) in [6, 6.07) is 0. The average molecular weight is 396 g/mol. The molecule has 0 aromatic carbocycles. The van der Waals surface area contributed by atoms with E-state index in [1.165, 1.54) is 6.92 Å². The number of fused-ring (bicyclic) bond motifs is 5. The minimum atomic E-state index is -1.99. The molecule has 2 aliphatic heterocycles. The summed E-state index contributed by atoms with van der Waals surface area (Å²) in [7, 11) is 0. The first kappa shape index (κ1) is 19.8. The SMILES string of the molecule is C=C1C(=O)O[C@H]2[C@H]1[C@@H](OC(=O)C(C)CC)C[C@@](C)(O)[C@@]1(O)[C@@H](O)[C@H]3O[C@@]3(C)[C@H]21. The summed E-state index contributed by atoms with van der Waals surface area (Å²) in [5.41, 5.74) is -4.62. The van der Waals surface area contributed by atoms with Gasteiger partial charge < -0.3 is 29.5 Å². The van der Waals surface area contributed by atoms with Gasteiger partial charge in [0.1, 0.15) is 35.6 Å². The number of esters is 2. The molecule has 0 aromatic heterocycles. The molecule has 2 heterocycles. The first-order valence-electron chi connectivity index (χ1n) is 9.81. The number of aliphatic hydroxyl groups is 3. The molecule has 8 heteroatoms. The van der Waals surface area contributed by atoms with Crippen molar-refractivity contribution in [2.75, 3.05) is 0 Å². The molecule has 0 amide bonds. The van der Waals surface area contributed by atoms with Crippen molar-refractivity contribution < 1.29 is 39.1 Å². The van der Waals surface area contributed by atoms with Crippen LogP contribution in [0.2, 0.25) is 0 Å². The number of rotatable bonds is 3. The van der Waals surface area contributed by atoms with Gasteiger partial charge in [0.15, 0.2) is 0 Å². The molecular formula is C20H28O8. The lowest BCUT2D eigenvalue weighted by atomic mass is 9.70. The van der Waals surface area contributed by atoms with Crippen molar-refractivity contribution in [3.63, 3.8) is 0 Å². The van der Waals surface area contributed by atoms with Crippen LogP contribution in [0, 0.1) is 17.8 Å². The summed E-state index contributed by atoms with van der Waals surface area (Å²) in [6.07, 6.45) is -3.48. The molecule has 1 unspecified atom stereocenters. The Balaban J connectivity index is 1.79. The number of carbonyl (C=O) groups excluding carboxylic acids is 2. The zero-order valence-electron chi connectivity index (χ0n) is 16.5. The monoisotopic (exact) mass is 396 g/mol. The van der Waals surface area contributed by atoms with Gasteiger partial charge in [0.2, 0.25) is 0 Å². The van der Waals surface area contributed by atoms with E-state index in [0.29, 0.717) is 6.42 Å². The lowest BCUT2D eigenvalue weighted by Crippen LogP contribution is -2.65. The van der Waals surface area contributed by atoms with Gasteiger partial charge in [0.05, 0.1) is 23.4 Å². The van der Waals surface area contributed by atoms with Crippen LogP contribution in [0.1, 0.15) is 40.5 Å². The smallest absolute Gasteiger partial charge is 0.334 e. The van der Waals surface area contributed by atoms with Gasteiger partial charge in [-0.15, -0.1) is 0 Å². The van der Waals surface area contributed by atoms with Crippen LogP contribution in [0.25, 0.3) is 0 Å². The normalized spacial score (nSPS) is 52.8. The first-order chi connectivity index (χ1) is 12.9.